The van der Waals surface area contributed by atoms with Crippen molar-refractivity contribution < 1.29 is 19.0 Å². The second-order valence-electron chi connectivity index (χ2n) is 11.1. The third kappa shape index (κ3) is 5.13. The first kappa shape index (κ1) is 29.5. The highest BCUT2D eigenvalue weighted by Gasteiger charge is 2.35. The second-order valence-corrected chi connectivity index (χ2v) is 12.1. The van der Waals surface area contributed by atoms with Crippen molar-refractivity contribution in [2.24, 2.45) is 4.99 Å². The molecular formula is C34H36N4O5S. The predicted octanol–water partition coefficient (Wildman–Crippen LogP) is 4.78. The van der Waals surface area contributed by atoms with Crippen LogP contribution in [0.4, 0.5) is 5.69 Å². The normalized spacial score (nSPS) is 15.8. The average Bonchev–Trinajstić information content (AvgIpc) is 3.67. The van der Waals surface area contributed by atoms with E-state index in [4.69, 9.17) is 19.2 Å². The van der Waals surface area contributed by atoms with Gasteiger partial charge in [0.1, 0.15) is 0 Å². The van der Waals surface area contributed by atoms with Crippen LogP contribution in [0.1, 0.15) is 55.2 Å². The molecule has 0 radical (unpaired) electrons. The van der Waals surface area contributed by atoms with Crippen LogP contribution in [-0.4, -0.2) is 42.6 Å². The van der Waals surface area contributed by atoms with Crippen LogP contribution in [0.2, 0.25) is 0 Å². The van der Waals surface area contributed by atoms with E-state index >= 15 is 0 Å². The molecule has 9 nitrogen and oxygen atoms in total. The van der Waals surface area contributed by atoms with Crippen LogP contribution in [0.15, 0.2) is 69.6 Å². The lowest BCUT2D eigenvalue weighted by Crippen LogP contribution is -2.40. The highest BCUT2D eigenvalue weighted by molar-refractivity contribution is 7.07. The quantitative estimate of drug-likeness (QED) is 0.266. The molecule has 2 aliphatic rings. The summed E-state index contributed by atoms with van der Waals surface area (Å²) in [5.74, 6) is 0.733. The molecule has 0 N–H and O–H groups in total. The van der Waals surface area contributed by atoms with Crippen LogP contribution in [0, 0.1) is 13.8 Å². The molecule has 4 aromatic rings. The van der Waals surface area contributed by atoms with Gasteiger partial charge in [0.2, 0.25) is 6.79 Å². The Hall–Kier alpha value is -4.57. The van der Waals surface area contributed by atoms with Gasteiger partial charge in [-0.3, -0.25) is 9.36 Å². The summed E-state index contributed by atoms with van der Waals surface area (Å²) in [6.45, 7) is 8.28. The number of carbonyl (C=O) groups is 1. The summed E-state index contributed by atoms with van der Waals surface area (Å²) in [5.41, 5.74) is 6.75. The molecule has 0 aliphatic carbocycles. The van der Waals surface area contributed by atoms with Crippen molar-refractivity contribution in [3.8, 4) is 17.2 Å². The largest absolute Gasteiger partial charge is 0.463 e. The molecule has 6 rings (SSSR count). The van der Waals surface area contributed by atoms with E-state index in [0.717, 1.165) is 40.3 Å². The van der Waals surface area contributed by atoms with E-state index in [2.05, 4.69) is 53.6 Å². The summed E-state index contributed by atoms with van der Waals surface area (Å²) in [5, 5.41) is 0. The van der Waals surface area contributed by atoms with Crippen molar-refractivity contribution in [2.45, 2.75) is 46.6 Å². The minimum atomic E-state index is -0.717. The zero-order valence-electron chi connectivity index (χ0n) is 25.8. The van der Waals surface area contributed by atoms with Crippen molar-refractivity contribution in [1.82, 2.24) is 9.13 Å². The molecule has 1 atom stereocenters. The van der Waals surface area contributed by atoms with Gasteiger partial charge in [0, 0.05) is 36.9 Å². The molecule has 0 saturated heterocycles. The average molecular weight is 613 g/mol. The van der Waals surface area contributed by atoms with Crippen LogP contribution in [-0.2, 0) is 9.53 Å². The Morgan fingerprint density at radius 2 is 1.84 bits per heavy atom. The third-order valence-electron chi connectivity index (χ3n) is 7.99. The summed E-state index contributed by atoms with van der Waals surface area (Å²) in [7, 11) is 4.04. The Bertz CT molecular complexity index is 1960. The molecule has 0 amide bonds. The maximum atomic E-state index is 14.2. The summed E-state index contributed by atoms with van der Waals surface area (Å²) >= 11 is 1.33. The zero-order chi connectivity index (χ0) is 31.1. The van der Waals surface area contributed by atoms with Crippen molar-refractivity contribution >= 4 is 29.1 Å². The van der Waals surface area contributed by atoms with Gasteiger partial charge in [-0.2, -0.15) is 0 Å². The second kappa shape index (κ2) is 11.8. The van der Waals surface area contributed by atoms with E-state index in [1.54, 1.807) is 11.5 Å². The minimum Gasteiger partial charge on any atom is -0.463 e. The first-order valence-corrected chi connectivity index (χ1v) is 15.6. The number of aryl methyl sites for hydroxylation is 1. The van der Waals surface area contributed by atoms with Gasteiger partial charge >= 0.3 is 5.97 Å². The Morgan fingerprint density at radius 1 is 1.09 bits per heavy atom. The number of ether oxygens (including phenoxy) is 3. The molecule has 0 saturated carbocycles. The molecule has 0 unspecified atom stereocenters. The first-order chi connectivity index (χ1) is 21.2. The Balaban J connectivity index is 1.51. The standard InChI is InChI=1S/C34H36N4O5S/c1-7-9-26-30(33(40)41-8-2)31(22-10-15-27-28(17-22)43-19-42-27)38-32(39)29(44-34(38)35-26)18-23-16-20(3)37(21(23)4)25-13-11-24(12-14-25)36(5)6/h10-18,31H,7-9,19H2,1-6H3/b29-18+/t31-/m1/s1. The monoisotopic (exact) mass is 612 g/mol. The lowest BCUT2D eigenvalue weighted by Gasteiger charge is -2.25. The van der Waals surface area contributed by atoms with E-state index in [1.807, 2.05) is 45.3 Å². The predicted molar refractivity (Wildman–Crippen MR) is 172 cm³/mol. The Morgan fingerprint density at radius 3 is 2.55 bits per heavy atom. The van der Waals surface area contributed by atoms with E-state index < -0.39 is 12.0 Å². The first-order valence-electron chi connectivity index (χ1n) is 14.8. The van der Waals surface area contributed by atoms with Gasteiger partial charge in [-0.25, -0.2) is 9.79 Å². The SMILES string of the molecule is CCCC1=C(C(=O)OCC)[C@@H](c2ccc3c(c2)OCO3)n2c(s/c(=C/c3cc(C)n(-c4ccc(N(C)C)cc4)c3C)c2=O)=N1. The number of fused-ring (bicyclic) bond motifs is 2. The van der Waals surface area contributed by atoms with Crippen molar-refractivity contribution in [1.29, 1.82) is 0 Å². The highest BCUT2D eigenvalue weighted by atomic mass is 32.1. The van der Waals surface area contributed by atoms with Crippen LogP contribution < -0.4 is 29.3 Å². The lowest BCUT2D eigenvalue weighted by molar-refractivity contribution is -0.139. The number of benzene rings is 2. The van der Waals surface area contributed by atoms with Crippen LogP contribution in [0.5, 0.6) is 11.5 Å². The molecule has 2 aromatic heterocycles. The molecular weight excluding hydrogens is 576 g/mol. The number of thiazole rings is 1. The number of hydrogen-bond donors (Lipinski definition) is 0. The molecule has 10 heteroatoms. The fourth-order valence-electron chi connectivity index (χ4n) is 5.89. The van der Waals surface area contributed by atoms with Gasteiger partial charge in [-0.1, -0.05) is 30.7 Å². The van der Waals surface area contributed by atoms with Gasteiger partial charge in [0.05, 0.1) is 28.5 Å². The van der Waals surface area contributed by atoms with Gasteiger partial charge < -0.3 is 23.7 Å². The lowest BCUT2D eigenvalue weighted by atomic mass is 9.94. The van der Waals surface area contributed by atoms with Gasteiger partial charge in [-0.15, -0.1) is 0 Å². The number of aromatic nitrogens is 2. The number of anilines is 1. The van der Waals surface area contributed by atoms with Gasteiger partial charge in [0.15, 0.2) is 16.3 Å². The number of allylic oxidation sites excluding steroid dienone is 1. The topological polar surface area (TPSA) is 87.3 Å². The maximum Gasteiger partial charge on any atom is 0.338 e. The number of hydrogen-bond acceptors (Lipinski definition) is 8. The minimum absolute atomic E-state index is 0.126. The molecule has 0 fully saturated rings. The van der Waals surface area contributed by atoms with Gasteiger partial charge in [-0.05, 0) is 86.9 Å². The maximum absolute atomic E-state index is 14.2. The molecule has 2 aromatic carbocycles. The molecule has 228 valence electrons. The molecule has 2 aliphatic heterocycles. The van der Waals surface area contributed by atoms with E-state index in [0.29, 0.717) is 38.5 Å². The smallest absolute Gasteiger partial charge is 0.338 e. The number of nitrogens with zero attached hydrogens (tertiary/aromatic N) is 4. The van der Waals surface area contributed by atoms with Crippen LogP contribution >= 0.6 is 11.3 Å². The fourth-order valence-corrected chi connectivity index (χ4v) is 6.90. The van der Waals surface area contributed by atoms with E-state index in [9.17, 15) is 9.59 Å². The van der Waals surface area contributed by atoms with Gasteiger partial charge in [0.25, 0.3) is 5.56 Å². The number of rotatable bonds is 8. The number of carbonyl (C=O) groups excluding carboxylic acids is 1. The van der Waals surface area contributed by atoms with Crippen molar-refractivity contribution in [3.63, 3.8) is 0 Å². The summed E-state index contributed by atoms with van der Waals surface area (Å²) in [6, 6.07) is 15.3. The third-order valence-corrected chi connectivity index (χ3v) is 8.97. The fraction of sp³-hybridized carbons (Fsp3) is 0.324. The molecule has 44 heavy (non-hydrogen) atoms. The Labute approximate surface area is 259 Å². The summed E-state index contributed by atoms with van der Waals surface area (Å²) in [6.07, 6.45) is 3.29. The summed E-state index contributed by atoms with van der Waals surface area (Å²) in [4.78, 5) is 35.2. The van der Waals surface area contributed by atoms with Crippen molar-refractivity contribution in [3.05, 3.63) is 102 Å². The number of esters is 1. The van der Waals surface area contributed by atoms with E-state index in [1.165, 1.54) is 11.3 Å². The highest BCUT2D eigenvalue weighted by Crippen LogP contribution is 2.39. The molecule has 0 bridgehead atoms. The van der Waals surface area contributed by atoms with Crippen molar-refractivity contribution in [2.75, 3.05) is 32.4 Å². The van der Waals surface area contributed by atoms with E-state index in [-0.39, 0.29) is 19.0 Å². The zero-order valence-corrected chi connectivity index (χ0v) is 26.7. The summed E-state index contributed by atoms with van der Waals surface area (Å²) < 4.78 is 21.1. The Kier molecular flexibility index (Phi) is 7.94. The molecule has 0 spiro atoms. The molecule has 4 heterocycles. The van der Waals surface area contributed by atoms with Crippen LogP contribution in [0.3, 0.4) is 0 Å². The van der Waals surface area contributed by atoms with Crippen LogP contribution in [0.25, 0.3) is 11.8 Å².